The highest BCUT2D eigenvalue weighted by Gasteiger charge is 2.38. The first kappa shape index (κ1) is 25.8. The normalized spacial score (nSPS) is 21.2. The predicted molar refractivity (Wildman–Crippen MR) is 130 cm³/mol. The van der Waals surface area contributed by atoms with Crippen molar-refractivity contribution in [2.75, 3.05) is 6.26 Å². The van der Waals surface area contributed by atoms with Crippen molar-refractivity contribution in [3.05, 3.63) is 52.9 Å². The number of rotatable bonds is 5. The summed E-state index contributed by atoms with van der Waals surface area (Å²) in [5.74, 6) is 0.465. The van der Waals surface area contributed by atoms with Gasteiger partial charge in [0.1, 0.15) is 17.5 Å². The lowest BCUT2D eigenvalue weighted by atomic mass is 9.92. The van der Waals surface area contributed by atoms with Crippen LogP contribution < -0.4 is 10.3 Å². The minimum atomic E-state index is -3.30. The van der Waals surface area contributed by atoms with Gasteiger partial charge in [-0.3, -0.25) is 9.36 Å². The minimum Gasteiger partial charge on any atom is -0.490 e. The molecule has 0 N–H and O–H groups in total. The monoisotopic (exact) mass is 490 g/mol. The summed E-state index contributed by atoms with van der Waals surface area (Å²) in [4.78, 5) is 27.5. The van der Waals surface area contributed by atoms with E-state index in [9.17, 15) is 18.0 Å². The van der Waals surface area contributed by atoms with Crippen LogP contribution in [-0.2, 0) is 14.6 Å². The van der Waals surface area contributed by atoms with Crippen molar-refractivity contribution >= 4 is 15.9 Å². The molecule has 1 aromatic heterocycles. The van der Waals surface area contributed by atoms with Crippen LogP contribution in [0.2, 0.25) is 0 Å². The minimum absolute atomic E-state index is 0.0164. The Labute approximate surface area is 201 Å². The summed E-state index contributed by atoms with van der Waals surface area (Å²) in [7, 11) is -3.30. The molecule has 186 valence electrons. The Kier molecular flexibility index (Phi) is 7.45. The molecular weight excluding hydrogens is 456 g/mol. The van der Waals surface area contributed by atoms with E-state index < -0.39 is 15.4 Å². The van der Waals surface area contributed by atoms with Gasteiger partial charge in [-0.15, -0.1) is 0 Å². The van der Waals surface area contributed by atoms with Gasteiger partial charge in [-0.1, -0.05) is 6.92 Å². The Morgan fingerprint density at radius 2 is 1.76 bits per heavy atom. The molecule has 1 aliphatic heterocycles. The predicted octanol–water partition coefficient (Wildman–Crippen LogP) is 4.19. The molecule has 2 aromatic rings. The summed E-state index contributed by atoms with van der Waals surface area (Å²) < 4.78 is 36.5. The van der Waals surface area contributed by atoms with Crippen LogP contribution in [0.3, 0.4) is 0 Å². The number of nitrogens with zero attached hydrogens (tertiary/aromatic N) is 2. The fourth-order valence-corrected chi connectivity index (χ4v) is 4.89. The van der Waals surface area contributed by atoms with E-state index in [1.54, 1.807) is 24.4 Å². The van der Waals surface area contributed by atoms with Gasteiger partial charge >= 0.3 is 6.09 Å². The SMILES string of the molecule is CC[C@@H]1C[C@H](Oc2ccn(-c3ccc(S(C)(=O)=O)cc3)c(=O)c2)C[C@@H](C)N1C(=O)OC(C)(C)C. The van der Waals surface area contributed by atoms with E-state index in [0.717, 1.165) is 12.7 Å². The Bertz CT molecular complexity index is 1180. The fourth-order valence-electron chi connectivity index (χ4n) is 4.26. The third-order valence-corrected chi connectivity index (χ3v) is 6.95. The summed E-state index contributed by atoms with van der Waals surface area (Å²) in [6, 6.07) is 9.22. The van der Waals surface area contributed by atoms with Crippen molar-refractivity contribution < 1.29 is 22.7 Å². The Hall–Kier alpha value is -2.81. The summed E-state index contributed by atoms with van der Waals surface area (Å²) >= 11 is 0. The van der Waals surface area contributed by atoms with Crippen LogP contribution >= 0.6 is 0 Å². The summed E-state index contributed by atoms with van der Waals surface area (Å²) in [6.07, 6.45) is 4.36. The zero-order chi connectivity index (χ0) is 25.3. The number of hydrogen-bond donors (Lipinski definition) is 0. The lowest BCUT2D eigenvalue weighted by Gasteiger charge is -2.43. The van der Waals surface area contributed by atoms with Crippen molar-refractivity contribution in [3.63, 3.8) is 0 Å². The van der Waals surface area contributed by atoms with Gasteiger partial charge in [0.15, 0.2) is 9.84 Å². The molecular formula is C25H34N2O6S. The van der Waals surface area contributed by atoms with Gasteiger partial charge in [-0.25, -0.2) is 13.2 Å². The first-order chi connectivity index (χ1) is 15.8. The zero-order valence-corrected chi connectivity index (χ0v) is 21.5. The Balaban J connectivity index is 1.72. The van der Waals surface area contributed by atoms with E-state index in [2.05, 4.69) is 0 Å². The summed E-state index contributed by atoms with van der Waals surface area (Å²) in [5, 5.41) is 0. The largest absolute Gasteiger partial charge is 0.490 e. The number of ether oxygens (including phenoxy) is 2. The average Bonchev–Trinajstić information content (AvgIpc) is 2.71. The van der Waals surface area contributed by atoms with Gasteiger partial charge in [0.25, 0.3) is 5.56 Å². The van der Waals surface area contributed by atoms with Gasteiger partial charge in [0, 0.05) is 49.1 Å². The van der Waals surface area contributed by atoms with Crippen molar-refractivity contribution in [1.29, 1.82) is 0 Å². The second-order valence-corrected chi connectivity index (χ2v) is 11.9. The molecule has 8 nitrogen and oxygen atoms in total. The van der Waals surface area contributed by atoms with E-state index in [1.165, 1.54) is 22.8 Å². The molecule has 9 heteroatoms. The molecule has 0 aliphatic carbocycles. The second kappa shape index (κ2) is 9.82. The average molecular weight is 491 g/mol. The van der Waals surface area contributed by atoms with Gasteiger partial charge in [-0.2, -0.15) is 0 Å². The molecule has 0 bridgehead atoms. The smallest absolute Gasteiger partial charge is 0.410 e. The Morgan fingerprint density at radius 1 is 1.12 bits per heavy atom. The van der Waals surface area contributed by atoms with Crippen LogP contribution in [0.4, 0.5) is 4.79 Å². The lowest BCUT2D eigenvalue weighted by molar-refractivity contribution is -0.0222. The lowest BCUT2D eigenvalue weighted by Crippen LogP contribution is -2.54. The molecule has 1 saturated heterocycles. The number of likely N-dealkylation sites (tertiary alicyclic amines) is 1. The number of piperidine rings is 1. The van der Waals surface area contributed by atoms with Crippen LogP contribution in [0.5, 0.6) is 5.75 Å². The van der Waals surface area contributed by atoms with E-state index in [4.69, 9.17) is 9.47 Å². The van der Waals surface area contributed by atoms with Crippen molar-refractivity contribution in [3.8, 4) is 11.4 Å². The zero-order valence-electron chi connectivity index (χ0n) is 20.6. The van der Waals surface area contributed by atoms with Crippen LogP contribution in [0, 0.1) is 0 Å². The molecule has 1 amide bonds. The Morgan fingerprint density at radius 3 is 2.29 bits per heavy atom. The highest BCUT2D eigenvalue weighted by molar-refractivity contribution is 7.90. The maximum Gasteiger partial charge on any atom is 0.410 e. The van der Waals surface area contributed by atoms with Crippen LogP contribution in [-0.4, -0.2) is 54.0 Å². The number of aromatic nitrogens is 1. The van der Waals surface area contributed by atoms with Gasteiger partial charge < -0.3 is 14.4 Å². The third-order valence-electron chi connectivity index (χ3n) is 5.82. The van der Waals surface area contributed by atoms with E-state index >= 15 is 0 Å². The molecule has 0 saturated carbocycles. The molecule has 3 rings (SSSR count). The van der Waals surface area contributed by atoms with E-state index in [0.29, 0.717) is 24.3 Å². The highest BCUT2D eigenvalue weighted by atomic mass is 32.2. The number of benzene rings is 1. The topological polar surface area (TPSA) is 94.9 Å². The molecule has 0 unspecified atom stereocenters. The highest BCUT2D eigenvalue weighted by Crippen LogP contribution is 2.30. The summed E-state index contributed by atoms with van der Waals surface area (Å²) in [6.45, 7) is 9.59. The summed E-state index contributed by atoms with van der Waals surface area (Å²) in [5.41, 5.74) is -0.275. The first-order valence-electron chi connectivity index (χ1n) is 11.5. The van der Waals surface area contributed by atoms with Crippen LogP contribution in [0.15, 0.2) is 52.3 Å². The van der Waals surface area contributed by atoms with Gasteiger partial charge in [-0.05, 0) is 64.4 Å². The quantitative estimate of drug-likeness (QED) is 0.624. The fraction of sp³-hybridized carbons (Fsp3) is 0.520. The van der Waals surface area contributed by atoms with E-state index in [1.807, 2.05) is 39.5 Å². The van der Waals surface area contributed by atoms with E-state index in [-0.39, 0.29) is 34.7 Å². The number of hydrogen-bond acceptors (Lipinski definition) is 6. The van der Waals surface area contributed by atoms with Gasteiger partial charge in [0.05, 0.1) is 4.90 Å². The molecule has 0 spiro atoms. The van der Waals surface area contributed by atoms with Crippen LogP contribution in [0.1, 0.15) is 53.9 Å². The van der Waals surface area contributed by atoms with Crippen molar-refractivity contribution in [1.82, 2.24) is 9.47 Å². The molecule has 1 aliphatic rings. The number of pyridine rings is 1. The van der Waals surface area contributed by atoms with Crippen LogP contribution in [0.25, 0.3) is 5.69 Å². The first-order valence-corrected chi connectivity index (χ1v) is 13.4. The standard InChI is InChI=1S/C25H34N2O6S/c1-7-18-15-21(14-17(2)27(18)24(29)33-25(3,4)5)32-20-12-13-26(23(28)16-20)19-8-10-22(11-9-19)34(6,30)31/h8-13,16-18,21H,7,14-15H2,1-6H3/t17-,18-,21-/m1/s1. The molecule has 1 aromatic carbocycles. The molecule has 34 heavy (non-hydrogen) atoms. The van der Waals surface area contributed by atoms with Crippen molar-refractivity contribution in [2.45, 2.75) is 82.6 Å². The maximum atomic E-state index is 12.7. The van der Waals surface area contributed by atoms with Crippen molar-refractivity contribution in [2.24, 2.45) is 0 Å². The number of amides is 1. The number of carbonyl (C=O) groups excluding carboxylic acids is 1. The van der Waals surface area contributed by atoms with Gasteiger partial charge in [0.2, 0.25) is 0 Å². The molecule has 3 atom stereocenters. The number of sulfone groups is 1. The molecule has 1 fully saturated rings. The number of carbonyl (C=O) groups is 1. The third kappa shape index (κ3) is 6.20. The second-order valence-electron chi connectivity index (χ2n) is 9.85. The molecule has 0 radical (unpaired) electrons. The maximum absolute atomic E-state index is 12.7. The molecule has 2 heterocycles.